The van der Waals surface area contributed by atoms with Crippen LogP contribution in [0, 0.1) is 17.9 Å². The van der Waals surface area contributed by atoms with Crippen molar-refractivity contribution < 1.29 is 14.9 Å². The van der Waals surface area contributed by atoms with Crippen LogP contribution in [0.5, 0.6) is 0 Å². The van der Waals surface area contributed by atoms with Gasteiger partial charge in [0.2, 0.25) is 0 Å². The third kappa shape index (κ3) is 4.35. The lowest BCUT2D eigenvalue weighted by Gasteiger charge is -2.24. The molecule has 1 atom stereocenters. The van der Waals surface area contributed by atoms with Gasteiger partial charge in [0.25, 0.3) is 0 Å². The Kier molecular flexibility index (Phi) is 5.97. The van der Waals surface area contributed by atoms with E-state index in [1.165, 1.54) is 0 Å². The van der Waals surface area contributed by atoms with Crippen LogP contribution in [0.4, 0.5) is 0 Å². The molecule has 0 saturated carbocycles. The Morgan fingerprint density at radius 1 is 1.46 bits per heavy atom. The first-order valence-electron chi connectivity index (χ1n) is 7.60. The van der Waals surface area contributed by atoms with Crippen molar-refractivity contribution in [1.29, 1.82) is 5.26 Å². The molecule has 2 heterocycles. The predicted molar refractivity (Wildman–Crippen MR) is 89.9 cm³/mol. The molecule has 0 spiro atoms. The summed E-state index contributed by atoms with van der Waals surface area (Å²) >= 11 is 0. The Morgan fingerprint density at radius 2 is 2.25 bits per heavy atom. The van der Waals surface area contributed by atoms with E-state index in [1.807, 2.05) is 38.3 Å². The summed E-state index contributed by atoms with van der Waals surface area (Å²) in [5, 5.41) is 27.6. The average Bonchev–Trinajstić information content (AvgIpc) is 2.87. The lowest BCUT2D eigenvalue weighted by Crippen LogP contribution is -2.30. The Morgan fingerprint density at radius 3 is 2.96 bits per heavy atom. The lowest BCUT2D eigenvalue weighted by molar-refractivity contribution is 0.0787. The smallest absolute Gasteiger partial charge is 0.179 e. The van der Waals surface area contributed by atoms with Crippen LogP contribution < -0.4 is 0 Å². The van der Waals surface area contributed by atoms with E-state index in [0.29, 0.717) is 5.57 Å². The highest BCUT2D eigenvalue weighted by molar-refractivity contribution is 5.47. The first-order chi connectivity index (χ1) is 11.5. The van der Waals surface area contributed by atoms with E-state index < -0.39 is 11.7 Å². The average molecular weight is 324 g/mol. The number of nitriles is 1. The van der Waals surface area contributed by atoms with E-state index >= 15 is 0 Å². The summed E-state index contributed by atoms with van der Waals surface area (Å²) in [4.78, 5) is 1.80. The third-order valence-corrected chi connectivity index (χ3v) is 3.59. The summed E-state index contributed by atoms with van der Waals surface area (Å²) in [6, 6.07) is 2.07. The summed E-state index contributed by atoms with van der Waals surface area (Å²) in [6.45, 7) is 6.36. The predicted octanol–water partition coefficient (Wildman–Crippen LogP) is 1.99. The van der Waals surface area contributed by atoms with E-state index in [4.69, 9.17) is 15.1 Å². The monoisotopic (exact) mass is 324 g/mol. The van der Waals surface area contributed by atoms with Gasteiger partial charge in [-0.15, -0.1) is 0 Å². The number of nitrogens with zero attached hydrogens (tertiary/aromatic N) is 2. The maximum absolute atomic E-state index is 9.58. The maximum atomic E-state index is 9.58. The fourth-order valence-electron chi connectivity index (χ4n) is 2.29. The number of aliphatic hydroxyl groups is 2. The highest BCUT2D eigenvalue weighted by Crippen LogP contribution is 2.34. The zero-order chi connectivity index (χ0) is 17.6. The van der Waals surface area contributed by atoms with Gasteiger partial charge in [0.1, 0.15) is 0 Å². The maximum Gasteiger partial charge on any atom is 0.179 e. The quantitative estimate of drug-likeness (QED) is 0.597. The summed E-state index contributed by atoms with van der Waals surface area (Å²) in [6.07, 6.45) is 11.9. The summed E-state index contributed by atoms with van der Waals surface area (Å²) in [5.74, 6) is 0. The fraction of sp³-hybridized carbons (Fsp3) is 0.316. The molecule has 24 heavy (non-hydrogen) atoms. The van der Waals surface area contributed by atoms with Gasteiger partial charge in [0.15, 0.2) is 6.61 Å². The minimum Gasteiger partial charge on any atom is -0.394 e. The van der Waals surface area contributed by atoms with Crippen molar-refractivity contribution in [2.75, 3.05) is 13.2 Å². The first-order valence-corrected chi connectivity index (χ1v) is 7.60. The summed E-state index contributed by atoms with van der Waals surface area (Å²) in [7, 11) is 0. The Hall–Kier alpha value is -2.35. The fourth-order valence-corrected chi connectivity index (χ4v) is 2.29. The third-order valence-electron chi connectivity index (χ3n) is 3.59. The highest BCUT2D eigenvalue weighted by atomic mass is 16.5. The van der Waals surface area contributed by atoms with Gasteiger partial charge in [-0.3, -0.25) is 0 Å². The number of rotatable bonds is 5. The molecule has 124 valence electrons. The molecule has 0 aromatic rings. The Bertz CT molecular complexity index is 699. The lowest BCUT2D eigenvalue weighted by atomic mass is 9.96. The van der Waals surface area contributed by atoms with Gasteiger partial charge in [-0.05, 0) is 32.1 Å². The number of allylic oxidation sites excluding steroid dienone is 4. The Balaban J connectivity index is 2.16. The molecule has 0 bridgehead atoms. The molecule has 2 rings (SSSR count). The minimum absolute atomic E-state index is 0.283. The van der Waals surface area contributed by atoms with Crippen molar-refractivity contribution in [3.05, 3.63) is 71.8 Å². The second-order valence-corrected chi connectivity index (χ2v) is 5.86. The van der Waals surface area contributed by atoms with E-state index in [9.17, 15) is 5.11 Å². The van der Waals surface area contributed by atoms with Crippen LogP contribution in [0.3, 0.4) is 0 Å². The second kappa shape index (κ2) is 7.96. The first kappa shape index (κ1) is 18.0. The van der Waals surface area contributed by atoms with Crippen molar-refractivity contribution in [2.45, 2.75) is 25.6 Å². The number of aliphatic hydroxyl groups excluding tert-OH is 2. The van der Waals surface area contributed by atoms with Crippen molar-refractivity contribution in [3.8, 4) is 6.07 Å². The van der Waals surface area contributed by atoms with Gasteiger partial charge < -0.3 is 19.8 Å². The van der Waals surface area contributed by atoms with Crippen LogP contribution in [-0.4, -0.2) is 40.0 Å². The molecular weight excluding hydrogens is 304 g/mol. The molecule has 2 aliphatic rings. The molecule has 0 aromatic heterocycles. The van der Waals surface area contributed by atoms with Crippen molar-refractivity contribution >= 4 is 0 Å². The molecule has 0 aromatic carbocycles. The molecule has 5 heteroatoms. The molecule has 0 aliphatic carbocycles. The van der Waals surface area contributed by atoms with Gasteiger partial charge in [-0.1, -0.05) is 24.0 Å². The largest absolute Gasteiger partial charge is 0.394 e. The number of ether oxygens (including phenoxy) is 1. The zero-order valence-electron chi connectivity index (χ0n) is 13.7. The molecular formula is C19H20N2O3. The minimum atomic E-state index is -0.820. The van der Waals surface area contributed by atoms with Gasteiger partial charge in [-0.2, -0.15) is 5.26 Å². The van der Waals surface area contributed by atoms with Crippen LogP contribution in [0.2, 0.25) is 0 Å². The van der Waals surface area contributed by atoms with E-state index in [2.05, 4.69) is 18.4 Å². The van der Waals surface area contributed by atoms with Gasteiger partial charge in [-0.25, -0.2) is 0 Å². The molecule has 2 radical (unpaired) electrons. The topological polar surface area (TPSA) is 76.7 Å². The molecule has 0 saturated heterocycles. The second-order valence-electron chi connectivity index (χ2n) is 5.86. The van der Waals surface area contributed by atoms with Crippen LogP contribution in [0.1, 0.15) is 13.8 Å². The van der Waals surface area contributed by atoms with Crippen LogP contribution >= 0.6 is 0 Å². The number of hydrogen-bond acceptors (Lipinski definition) is 5. The van der Waals surface area contributed by atoms with E-state index in [0.717, 1.165) is 11.3 Å². The zero-order valence-corrected chi connectivity index (χ0v) is 13.7. The SMILES string of the molecule is CC1(C)O[C]C(C#N)=C1C=CC=C=C1C=CC=CN1CC(O)CO. The number of hydrogen-bond donors (Lipinski definition) is 2. The van der Waals surface area contributed by atoms with Crippen molar-refractivity contribution in [1.82, 2.24) is 4.90 Å². The summed E-state index contributed by atoms with van der Waals surface area (Å²) < 4.78 is 5.36. The van der Waals surface area contributed by atoms with Crippen LogP contribution in [0.25, 0.3) is 0 Å². The van der Waals surface area contributed by atoms with Crippen LogP contribution in [-0.2, 0) is 4.74 Å². The highest BCUT2D eigenvalue weighted by Gasteiger charge is 2.32. The van der Waals surface area contributed by atoms with Crippen LogP contribution in [0.15, 0.2) is 65.2 Å². The summed E-state index contributed by atoms with van der Waals surface area (Å²) in [5.41, 5.74) is 4.47. The van der Waals surface area contributed by atoms with E-state index in [-0.39, 0.29) is 13.2 Å². The molecule has 2 aliphatic heterocycles. The van der Waals surface area contributed by atoms with Crippen molar-refractivity contribution in [3.63, 3.8) is 0 Å². The Labute approximate surface area is 142 Å². The number of β-amino-alcohol motifs (C(OH)–C–C–N with tert-alkyl or cyclic N) is 1. The molecule has 0 fully saturated rings. The molecule has 2 N–H and O–H groups in total. The normalized spacial score (nSPS) is 20.5. The van der Waals surface area contributed by atoms with Gasteiger partial charge >= 0.3 is 0 Å². The molecule has 0 amide bonds. The van der Waals surface area contributed by atoms with E-state index in [1.54, 1.807) is 23.1 Å². The molecule has 1 unspecified atom stereocenters. The van der Waals surface area contributed by atoms with Crippen molar-refractivity contribution in [2.24, 2.45) is 0 Å². The standard InChI is InChI=1S/C19H20N2O3/c1-19(2)18(15(11-20)14-24-19)9-4-3-7-16-8-5-6-10-21(16)12-17(23)13-22/h3-6,8-10,17,22-23H,12-13H2,1-2H3. The molecule has 5 nitrogen and oxygen atoms in total. The van der Waals surface area contributed by atoms with Gasteiger partial charge in [0.05, 0.1) is 42.2 Å². The van der Waals surface area contributed by atoms with Gasteiger partial charge in [0, 0.05) is 11.8 Å².